The molecule has 0 radical (unpaired) electrons. The average molecular weight is 289 g/mol. The zero-order chi connectivity index (χ0) is 12.6. The van der Waals surface area contributed by atoms with Gasteiger partial charge in [0.2, 0.25) is 0 Å². The molecule has 0 aliphatic rings. The van der Waals surface area contributed by atoms with Crippen LogP contribution in [0.5, 0.6) is 0 Å². The molecule has 88 valence electrons. The minimum atomic E-state index is -0.625. The molecule has 2 aromatic rings. The van der Waals surface area contributed by atoms with Gasteiger partial charge in [-0.3, -0.25) is 4.79 Å². The summed E-state index contributed by atoms with van der Waals surface area (Å²) in [5.74, 6) is -0.624. The minimum absolute atomic E-state index is 0.000514. The van der Waals surface area contributed by atoms with E-state index in [1.165, 1.54) is 30.4 Å². The summed E-state index contributed by atoms with van der Waals surface area (Å²) >= 11 is 12.8. The summed E-state index contributed by atoms with van der Waals surface area (Å²) in [7, 11) is 0. The summed E-state index contributed by atoms with van der Waals surface area (Å²) in [6, 6.07) is 6.52. The normalized spacial score (nSPS) is 10.6. The number of thiophene rings is 1. The van der Waals surface area contributed by atoms with Gasteiger partial charge in [0.15, 0.2) is 11.6 Å². The Kier molecular flexibility index (Phi) is 3.52. The fraction of sp³-hybridized carbons (Fsp3) is 0.0833. The Balaban J connectivity index is 2.49. The molecule has 0 N–H and O–H groups in total. The zero-order valence-electron chi connectivity index (χ0n) is 8.76. The molecule has 0 bridgehead atoms. The molecule has 1 nitrogen and oxygen atoms in total. The number of rotatable bonds is 2. The van der Waals surface area contributed by atoms with Gasteiger partial charge in [0.1, 0.15) is 0 Å². The van der Waals surface area contributed by atoms with E-state index in [-0.39, 0.29) is 15.8 Å². The maximum Gasteiger partial charge on any atom is 0.169 e. The molecular weight excluding hydrogens is 282 g/mol. The average Bonchev–Trinajstić information content (AvgIpc) is 2.74. The quantitative estimate of drug-likeness (QED) is 0.557. The van der Waals surface area contributed by atoms with Gasteiger partial charge in [-0.2, -0.15) is 0 Å². The second-order valence-corrected chi connectivity index (χ2v) is 5.37. The van der Waals surface area contributed by atoms with Crippen molar-refractivity contribution in [2.45, 2.75) is 6.92 Å². The smallest absolute Gasteiger partial charge is 0.169 e. The van der Waals surface area contributed by atoms with Gasteiger partial charge in [-0.15, -0.1) is 11.3 Å². The number of carbonyl (C=O) groups excluding carboxylic acids is 1. The maximum absolute atomic E-state index is 13.2. The van der Waals surface area contributed by atoms with Crippen LogP contribution < -0.4 is 0 Å². The lowest BCUT2D eigenvalue weighted by Crippen LogP contribution is -1.83. The molecule has 5 heteroatoms. The third-order valence-electron chi connectivity index (χ3n) is 2.22. The predicted octanol–water partition coefficient (Wildman–Crippen LogP) is 5.06. The Morgan fingerprint density at radius 3 is 2.29 bits per heavy atom. The van der Waals surface area contributed by atoms with Crippen LogP contribution in [0.25, 0.3) is 10.4 Å². The van der Waals surface area contributed by atoms with Crippen LogP contribution in [-0.4, -0.2) is 5.78 Å². The third kappa shape index (κ3) is 2.51. The van der Waals surface area contributed by atoms with E-state index in [2.05, 4.69) is 0 Å². The highest BCUT2D eigenvalue weighted by Gasteiger charge is 2.11. The topological polar surface area (TPSA) is 17.1 Å². The second kappa shape index (κ2) is 4.77. The van der Waals surface area contributed by atoms with Crippen LogP contribution in [0.4, 0.5) is 4.39 Å². The molecule has 2 rings (SSSR count). The first kappa shape index (κ1) is 12.6. The van der Waals surface area contributed by atoms with Gasteiger partial charge in [0.05, 0.1) is 14.9 Å². The molecule has 0 atom stereocenters. The van der Waals surface area contributed by atoms with Crippen LogP contribution in [0.1, 0.15) is 16.6 Å². The lowest BCUT2D eigenvalue weighted by molar-refractivity contribution is 0.102. The number of ketones is 1. The van der Waals surface area contributed by atoms with E-state index in [0.29, 0.717) is 10.4 Å². The summed E-state index contributed by atoms with van der Waals surface area (Å²) in [5, 5.41) is -0.0458. The molecule has 0 saturated heterocycles. The van der Waals surface area contributed by atoms with E-state index in [9.17, 15) is 9.18 Å². The molecule has 17 heavy (non-hydrogen) atoms. The van der Waals surface area contributed by atoms with Crippen molar-refractivity contribution in [3.8, 4) is 10.4 Å². The highest BCUT2D eigenvalue weighted by atomic mass is 35.5. The number of hydrogen-bond acceptors (Lipinski definition) is 2. The first-order valence-corrected chi connectivity index (χ1v) is 6.32. The van der Waals surface area contributed by atoms with Crippen molar-refractivity contribution >= 4 is 40.3 Å². The number of hydrogen-bond donors (Lipinski definition) is 0. The molecule has 0 fully saturated rings. The van der Waals surface area contributed by atoms with Crippen molar-refractivity contribution in [1.82, 2.24) is 0 Å². The van der Waals surface area contributed by atoms with Crippen molar-refractivity contribution in [2.24, 2.45) is 0 Å². The molecule has 1 heterocycles. The Morgan fingerprint density at radius 2 is 1.82 bits per heavy atom. The molecule has 0 unspecified atom stereocenters. The van der Waals surface area contributed by atoms with Crippen molar-refractivity contribution in [1.29, 1.82) is 0 Å². The van der Waals surface area contributed by atoms with Crippen LogP contribution in [0.3, 0.4) is 0 Å². The van der Waals surface area contributed by atoms with E-state index in [4.69, 9.17) is 23.2 Å². The molecular formula is C12H7Cl2FOS. The lowest BCUT2D eigenvalue weighted by atomic mass is 10.2. The van der Waals surface area contributed by atoms with E-state index in [0.717, 1.165) is 4.88 Å². The first-order chi connectivity index (χ1) is 7.99. The number of benzene rings is 1. The molecule has 0 amide bonds. The summed E-state index contributed by atoms with van der Waals surface area (Å²) < 4.78 is 13.2. The lowest BCUT2D eigenvalue weighted by Gasteiger charge is -2.02. The van der Waals surface area contributed by atoms with Crippen molar-refractivity contribution in [3.05, 3.63) is 45.0 Å². The van der Waals surface area contributed by atoms with E-state index in [1.807, 2.05) is 0 Å². The van der Waals surface area contributed by atoms with E-state index < -0.39 is 5.82 Å². The molecule has 1 aromatic carbocycles. The van der Waals surface area contributed by atoms with Gasteiger partial charge in [-0.05, 0) is 36.8 Å². The minimum Gasteiger partial charge on any atom is -0.294 e. The predicted molar refractivity (Wildman–Crippen MR) is 69.7 cm³/mol. The Hall–Kier alpha value is -0.900. The molecule has 0 aliphatic carbocycles. The Morgan fingerprint density at radius 1 is 1.24 bits per heavy atom. The third-order valence-corrected chi connectivity index (χ3v) is 4.01. The Bertz CT molecular complexity index is 569. The van der Waals surface area contributed by atoms with Gasteiger partial charge < -0.3 is 0 Å². The second-order valence-electron chi connectivity index (χ2n) is 3.47. The fourth-order valence-electron chi connectivity index (χ4n) is 1.38. The summed E-state index contributed by atoms with van der Waals surface area (Å²) in [6.45, 7) is 1.50. The van der Waals surface area contributed by atoms with Crippen LogP contribution in [-0.2, 0) is 0 Å². The van der Waals surface area contributed by atoms with Gasteiger partial charge in [0, 0.05) is 4.88 Å². The maximum atomic E-state index is 13.2. The van der Waals surface area contributed by atoms with Gasteiger partial charge >= 0.3 is 0 Å². The molecule has 1 aromatic heterocycles. The van der Waals surface area contributed by atoms with Crippen molar-refractivity contribution in [2.75, 3.05) is 0 Å². The van der Waals surface area contributed by atoms with Gasteiger partial charge in [-0.25, -0.2) is 4.39 Å². The van der Waals surface area contributed by atoms with Gasteiger partial charge in [-0.1, -0.05) is 23.2 Å². The summed E-state index contributed by atoms with van der Waals surface area (Å²) in [6.07, 6.45) is 0. The van der Waals surface area contributed by atoms with Crippen molar-refractivity contribution < 1.29 is 9.18 Å². The Labute approximate surface area is 112 Å². The number of carbonyl (C=O) groups is 1. The number of halogens is 3. The summed E-state index contributed by atoms with van der Waals surface area (Å²) in [4.78, 5) is 12.7. The van der Waals surface area contributed by atoms with Crippen LogP contribution in [0.2, 0.25) is 10.0 Å². The van der Waals surface area contributed by atoms with Crippen LogP contribution in [0, 0.1) is 5.82 Å². The zero-order valence-corrected chi connectivity index (χ0v) is 11.1. The fourth-order valence-corrected chi connectivity index (χ4v) is 2.76. The molecule has 0 saturated carbocycles. The largest absolute Gasteiger partial charge is 0.294 e. The number of Topliss-reactive ketones (excluding diaryl/α,β-unsaturated/α-hetero) is 1. The molecule has 0 aliphatic heterocycles. The van der Waals surface area contributed by atoms with E-state index in [1.54, 1.807) is 12.1 Å². The summed E-state index contributed by atoms with van der Waals surface area (Å²) in [5.41, 5.74) is 0.707. The van der Waals surface area contributed by atoms with Gasteiger partial charge in [0.25, 0.3) is 0 Å². The monoisotopic (exact) mass is 288 g/mol. The first-order valence-electron chi connectivity index (χ1n) is 4.74. The van der Waals surface area contributed by atoms with Crippen LogP contribution in [0.15, 0.2) is 24.3 Å². The van der Waals surface area contributed by atoms with Crippen molar-refractivity contribution in [3.63, 3.8) is 0 Å². The highest BCUT2D eigenvalue weighted by Crippen LogP contribution is 2.34. The molecule has 0 spiro atoms. The van der Waals surface area contributed by atoms with Crippen LogP contribution >= 0.6 is 34.5 Å². The standard InChI is InChI=1S/C12H7Cl2FOS/c1-6(16)10-2-3-11(17-10)7-4-8(13)12(15)9(14)5-7/h2-5H,1H3. The SMILES string of the molecule is CC(=O)c1ccc(-c2cc(Cl)c(F)c(Cl)c2)s1. The van der Waals surface area contributed by atoms with E-state index >= 15 is 0 Å². The highest BCUT2D eigenvalue weighted by molar-refractivity contribution is 7.17.